The van der Waals surface area contributed by atoms with E-state index >= 15 is 0 Å². The van der Waals surface area contributed by atoms with Crippen molar-refractivity contribution in [1.29, 1.82) is 0 Å². The van der Waals surface area contributed by atoms with Gasteiger partial charge in [-0.25, -0.2) is 26.7 Å². The van der Waals surface area contributed by atoms with Crippen LogP contribution in [-0.2, 0) is 26.6 Å². The van der Waals surface area contributed by atoms with E-state index in [9.17, 15) is 16.8 Å². The second kappa shape index (κ2) is 5.31. The van der Waals surface area contributed by atoms with Crippen LogP contribution in [0.2, 0.25) is 0 Å². The molecular weight excluding hydrogens is 328 g/mol. The van der Waals surface area contributed by atoms with Crippen molar-refractivity contribution >= 4 is 42.7 Å². The molecule has 10 heteroatoms. The van der Waals surface area contributed by atoms with Gasteiger partial charge < -0.3 is 0 Å². The van der Waals surface area contributed by atoms with Crippen molar-refractivity contribution in [1.82, 2.24) is 4.72 Å². The van der Waals surface area contributed by atoms with Gasteiger partial charge in [-0.2, -0.15) is 0 Å². The van der Waals surface area contributed by atoms with Crippen molar-refractivity contribution in [3.63, 3.8) is 0 Å². The van der Waals surface area contributed by atoms with Gasteiger partial charge in [0.15, 0.2) is 0 Å². The molecule has 104 valence electrons. The van der Waals surface area contributed by atoms with Gasteiger partial charge in [-0.3, -0.25) is 0 Å². The Morgan fingerprint density at radius 2 is 1.79 bits per heavy atom. The number of rotatable bonds is 5. The van der Waals surface area contributed by atoms with Gasteiger partial charge in [-0.1, -0.05) is 6.07 Å². The van der Waals surface area contributed by atoms with E-state index in [0.717, 1.165) is 4.88 Å². The Labute approximate surface area is 119 Å². The van der Waals surface area contributed by atoms with E-state index in [-0.39, 0.29) is 15.0 Å². The smallest absolute Gasteiger partial charge is 0.224 e. The molecule has 0 unspecified atom stereocenters. The Hall–Kier alpha value is -0.780. The first-order valence-corrected chi connectivity index (χ1v) is 9.66. The van der Waals surface area contributed by atoms with Gasteiger partial charge in [0.05, 0.1) is 0 Å². The van der Waals surface area contributed by atoms with Crippen LogP contribution in [0.1, 0.15) is 4.88 Å². The number of hydrogen-bond donors (Lipinski definition) is 2. The Kier molecular flexibility index (Phi) is 4.08. The fourth-order valence-electron chi connectivity index (χ4n) is 1.25. The summed E-state index contributed by atoms with van der Waals surface area (Å²) in [7, 11) is -7.59. The van der Waals surface area contributed by atoms with Crippen molar-refractivity contribution in [3.05, 3.63) is 34.5 Å². The van der Waals surface area contributed by atoms with Crippen LogP contribution >= 0.6 is 22.7 Å². The molecule has 0 radical (unpaired) electrons. The molecule has 0 fully saturated rings. The lowest BCUT2D eigenvalue weighted by atomic mass is 10.5. The van der Waals surface area contributed by atoms with Gasteiger partial charge in [-0.15, -0.1) is 22.7 Å². The molecule has 3 N–H and O–H groups in total. The van der Waals surface area contributed by atoms with Crippen LogP contribution in [0.5, 0.6) is 0 Å². The highest BCUT2D eigenvalue weighted by Crippen LogP contribution is 2.24. The molecule has 0 aliphatic heterocycles. The summed E-state index contributed by atoms with van der Waals surface area (Å²) in [4.78, 5) is 0.867. The third kappa shape index (κ3) is 3.61. The lowest BCUT2D eigenvalue weighted by Crippen LogP contribution is -2.21. The maximum absolute atomic E-state index is 11.9. The lowest BCUT2D eigenvalue weighted by Gasteiger charge is -2.02. The zero-order valence-corrected chi connectivity index (χ0v) is 12.7. The summed E-state index contributed by atoms with van der Waals surface area (Å²) >= 11 is 2.05. The fourth-order valence-corrected chi connectivity index (χ4v) is 5.23. The lowest BCUT2D eigenvalue weighted by molar-refractivity contribution is 0.584. The minimum absolute atomic E-state index is 0.0759. The summed E-state index contributed by atoms with van der Waals surface area (Å²) in [5, 5.41) is 6.77. The van der Waals surface area contributed by atoms with Gasteiger partial charge >= 0.3 is 0 Å². The molecular formula is C9H10N2O4S4. The number of nitrogens with one attached hydrogen (secondary N) is 1. The molecule has 19 heavy (non-hydrogen) atoms. The van der Waals surface area contributed by atoms with Crippen LogP contribution in [0.4, 0.5) is 0 Å². The average Bonchev–Trinajstić information content (AvgIpc) is 2.97. The summed E-state index contributed by atoms with van der Waals surface area (Å²) in [6.07, 6.45) is 0. The normalized spacial score (nSPS) is 12.7. The Morgan fingerprint density at radius 3 is 2.32 bits per heavy atom. The summed E-state index contributed by atoms with van der Waals surface area (Å²) < 4.78 is 48.2. The molecule has 0 atom stereocenters. The van der Waals surface area contributed by atoms with E-state index in [4.69, 9.17) is 5.14 Å². The fraction of sp³-hybridized carbons (Fsp3) is 0.111. The Bertz CT molecular complexity index is 759. The summed E-state index contributed by atoms with van der Waals surface area (Å²) in [6, 6.07) is 6.02. The second-order valence-corrected chi connectivity index (χ2v) is 9.42. The van der Waals surface area contributed by atoms with Crippen molar-refractivity contribution < 1.29 is 16.8 Å². The highest BCUT2D eigenvalue weighted by atomic mass is 32.3. The first-order valence-electron chi connectivity index (χ1n) is 4.94. The van der Waals surface area contributed by atoms with Crippen molar-refractivity contribution in [2.45, 2.75) is 15.0 Å². The average molecular weight is 338 g/mol. The largest absolute Gasteiger partial charge is 0.250 e. The predicted octanol–water partition coefficient (Wildman–Crippen LogP) is 0.936. The highest BCUT2D eigenvalue weighted by Gasteiger charge is 2.20. The van der Waals surface area contributed by atoms with E-state index in [1.807, 2.05) is 11.4 Å². The summed E-state index contributed by atoms with van der Waals surface area (Å²) in [5.41, 5.74) is 0. The number of nitrogens with two attached hydrogens (primary N) is 1. The molecule has 0 aromatic carbocycles. The molecule has 0 amide bonds. The standard InChI is InChI=1S/C9H10N2O4S4/c10-18(12,13)8-3-4-9(17-8)19(14,15)11-6-7-2-1-5-16-7/h1-5,11H,6H2,(H2,10,12,13). The van der Waals surface area contributed by atoms with E-state index < -0.39 is 20.0 Å². The van der Waals surface area contributed by atoms with Gasteiger partial charge in [0.2, 0.25) is 20.0 Å². The van der Waals surface area contributed by atoms with Crippen LogP contribution < -0.4 is 9.86 Å². The zero-order valence-electron chi connectivity index (χ0n) is 9.44. The Morgan fingerprint density at radius 1 is 1.11 bits per heavy atom. The van der Waals surface area contributed by atoms with Gasteiger partial charge in [0.1, 0.15) is 8.42 Å². The number of primary sulfonamides is 1. The second-order valence-electron chi connectivity index (χ2n) is 3.52. The number of sulfonamides is 2. The van der Waals surface area contributed by atoms with E-state index in [1.165, 1.54) is 23.5 Å². The maximum Gasteiger partial charge on any atom is 0.250 e. The number of hydrogen-bond acceptors (Lipinski definition) is 6. The number of thiophene rings is 2. The third-order valence-electron chi connectivity index (χ3n) is 2.12. The van der Waals surface area contributed by atoms with Crippen LogP contribution in [-0.4, -0.2) is 16.8 Å². The van der Waals surface area contributed by atoms with Crippen molar-refractivity contribution in [2.75, 3.05) is 0 Å². The van der Waals surface area contributed by atoms with Gasteiger partial charge in [0.25, 0.3) is 0 Å². The molecule has 0 saturated carbocycles. The quantitative estimate of drug-likeness (QED) is 0.846. The molecule has 0 spiro atoms. The monoisotopic (exact) mass is 338 g/mol. The molecule has 6 nitrogen and oxygen atoms in total. The topological polar surface area (TPSA) is 106 Å². The van der Waals surface area contributed by atoms with Crippen molar-refractivity contribution in [2.24, 2.45) is 5.14 Å². The van der Waals surface area contributed by atoms with Crippen LogP contribution in [0.15, 0.2) is 38.1 Å². The molecule has 0 bridgehead atoms. The first kappa shape index (κ1) is 14.6. The van der Waals surface area contributed by atoms with Crippen LogP contribution in [0, 0.1) is 0 Å². The molecule has 0 aliphatic rings. The SMILES string of the molecule is NS(=O)(=O)c1ccc(S(=O)(=O)NCc2cccs2)s1. The van der Waals surface area contributed by atoms with E-state index in [0.29, 0.717) is 11.3 Å². The molecule has 0 aliphatic carbocycles. The van der Waals surface area contributed by atoms with Gasteiger partial charge in [0, 0.05) is 11.4 Å². The highest BCUT2D eigenvalue weighted by molar-refractivity contribution is 7.94. The zero-order chi connectivity index (χ0) is 14.1. The van der Waals surface area contributed by atoms with Gasteiger partial charge in [-0.05, 0) is 23.6 Å². The minimum atomic E-state index is -3.87. The molecule has 2 aromatic rings. The van der Waals surface area contributed by atoms with Crippen molar-refractivity contribution in [3.8, 4) is 0 Å². The van der Waals surface area contributed by atoms with Crippen LogP contribution in [0.25, 0.3) is 0 Å². The van der Waals surface area contributed by atoms with Crippen LogP contribution in [0.3, 0.4) is 0 Å². The predicted molar refractivity (Wildman–Crippen MR) is 74.0 cm³/mol. The summed E-state index contributed by atoms with van der Waals surface area (Å²) in [6.45, 7) is 0.169. The maximum atomic E-state index is 11.9. The molecule has 0 saturated heterocycles. The van der Waals surface area contributed by atoms with E-state index in [1.54, 1.807) is 6.07 Å². The first-order chi connectivity index (χ1) is 8.79. The van der Waals surface area contributed by atoms with E-state index in [2.05, 4.69) is 4.72 Å². The Balaban J connectivity index is 2.18. The third-order valence-corrected chi connectivity index (χ3v) is 7.41. The summed E-state index contributed by atoms with van der Waals surface area (Å²) in [5.74, 6) is 0. The minimum Gasteiger partial charge on any atom is -0.224 e. The molecule has 2 rings (SSSR count). The molecule has 2 aromatic heterocycles. The molecule has 2 heterocycles.